The van der Waals surface area contributed by atoms with Crippen LogP contribution in [0.5, 0.6) is 17.2 Å². The lowest BCUT2D eigenvalue weighted by molar-refractivity contribution is 0.114. The van der Waals surface area contributed by atoms with E-state index >= 15 is 0 Å². The molecule has 106 valence electrons. The van der Waals surface area contributed by atoms with Crippen LogP contribution in [0.3, 0.4) is 0 Å². The Balaban J connectivity index is 2.59. The number of aliphatic hydroxyl groups excluding tert-OH is 1. The third-order valence-electron chi connectivity index (χ3n) is 2.25. The number of nitrogens with two attached hydrogens (primary N) is 2. The van der Waals surface area contributed by atoms with Crippen LogP contribution in [0.1, 0.15) is 0 Å². The average molecular weight is 269 g/mol. The van der Waals surface area contributed by atoms with Gasteiger partial charge in [0.15, 0.2) is 5.96 Å². The molecule has 0 aromatic heterocycles. The van der Waals surface area contributed by atoms with Crippen LogP contribution in [0.15, 0.2) is 23.2 Å². The van der Waals surface area contributed by atoms with Crippen LogP contribution in [0.4, 0.5) is 0 Å². The van der Waals surface area contributed by atoms with E-state index in [0.29, 0.717) is 17.2 Å². The number of ether oxygens (including phenoxy) is 3. The highest BCUT2D eigenvalue weighted by Crippen LogP contribution is 2.27. The van der Waals surface area contributed by atoms with Gasteiger partial charge in [0.2, 0.25) is 0 Å². The molecule has 7 nitrogen and oxygen atoms in total. The predicted molar refractivity (Wildman–Crippen MR) is 71.7 cm³/mol. The number of aliphatic imine (C=N–C) groups is 1. The fraction of sp³-hybridized carbons (Fsp3) is 0.417. The second-order valence-electron chi connectivity index (χ2n) is 3.78. The first kappa shape index (κ1) is 14.9. The molecule has 0 aliphatic carbocycles. The van der Waals surface area contributed by atoms with Crippen molar-refractivity contribution in [2.75, 3.05) is 27.4 Å². The van der Waals surface area contributed by atoms with Crippen LogP contribution in [0.2, 0.25) is 0 Å². The Bertz CT molecular complexity index is 411. The number of hydrogen-bond acceptors (Lipinski definition) is 5. The topological polar surface area (TPSA) is 112 Å². The highest BCUT2D eigenvalue weighted by molar-refractivity contribution is 5.75. The molecular formula is C12H19N3O4. The Morgan fingerprint density at radius 2 is 1.68 bits per heavy atom. The first-order chi connectivity index (χ1) is 9.05. The van der Waals surface area contributed by atoms with E-state index in [9.17, 15) is 5.11 Å². The van der Waals surface area contributed by atoms with Gasteiger partial charge < -0.3 is 30.8 Å². The van der Waals surface area contributed by atoms with Crippen molar-refractivity contribution in [2.24, 2.45) is 16.5 Å². The van der Waals surface area contributed by atoms with E-state index in [0.717, 1.165) is 0 Å². The minimum absolute atomic E-state index is 0.0626. The maximum Gasteiger partial charge on any atom is 0.186 e. The molecule has 0 heterocycles. The van der Waals surface area contributed by atoms with Gasteiger partial charge in [0.1, 0.15) is 30.0 Å². The van der Waals surface area contributed by atoms with Crippen molar-refractivity contribution in [3.05, 3.63) is 18.2 Å². The summed E-state index contributed by atoms with van der Waals surface area (Å²) in [5, 5.41) is 9.61. The third-order valence-corrected chi connectivity index (χ3v) is 2.25. The van der Waals surface area contributed by atoms with Crippen LogP contribution < -0.4 is 25.7 Å². The Morgan fingerprint density at radius 3 is 2.16 bits per heavy atom. The normalized spacial score (nSPS) is 11.5. The van der Waals surface area contributed by atoms with Gasteiger partial charge in [0.05, 0.1) is 20.8 Å². The van der Waals surface area contributed by atoms with Gasteiger partial charge in [-0.3, -0.25) is 4.99 Å². The van der Waals surface area contributed by atoms with E-state index in [1.807, 2.05) is 0 Å². The highest BCUT2D eigenvalue weighted by Gasteiger charge is 2.07. The predicted octanol–water partition coefficient (Wildman–Crippen LogP) is -0.283. The molecule has 5 N–H and O–H groups in total. The fourth-order valence-corrected chi connectivity index (χ4v) is 1.32. The SMILES string of the molecule is COc1cc(OC)cc(OCC(O)CN=C(N)N)c1. The zero-order valence-corrected chi connectivity index (χ0v) is 11.0. The summed E-state index contributed by atoms with van der Waals surface area (Å²) in [6.07, 6.45) is -0.792. The number of benzene rings is 1. The average Bonchev–Trinajstić information content (AvgIpc) is 2.42. The van der Waals surface area contributed by atoms with Crippen molar-refractivity contribution in [3.63, 3.8) is 0 Å². The first-order valence-electron chi connectivity index (χ1n) is 5.64. The maximum atomic E-state index is 9.61. The van der Waals surface area contributed by atoms with E-state index < -0.39 is 6.10 Å². The van der Waals surface area contributed by atoms with E-state index in [4.69, 9.17) is 25.7 Å². The van der Waals surface area contributed by atoms with Crippen molar-refractivity contribution >= 4 is 5.96 Å². The summed E-state index contributed by atoms with van der Waals surface area (Å²) < 4.78 is 15.6. The lowest BCUT2D eigenvalue weighted by atomic mass is 10.3. The zero-order valence-electron chi connectivity index (χ0n) is 11.0. The number of aliphatic hydroxyl groups is 1. The highest BCUT2D eigenvalue weighted by atomic mass is 16.5. The van der Waals surface area contributed by atoms with Crippen molar-refractivity contribution in [2.45, 2.75) is 6.10 Å². The largest absolute Gasteiger partial charge is 0.496 e. The summed E-state index contributed by atoms with van der Waals surface area (Å²) in [6.45, 7) is 0.149. The van der Waals surface area contributed by atoms with Crippen LogP contribution >= 0.6 is 0 Å². The van der Waals surface area contributed by atoms with Crippen LogP contribution in [0, 0.1) is 0 Å². The van der Waals surface area contributed by atoms with Gasteiger partial charge in [-0.25, -0.2) is 0 Å². The van der Waals surface area contributed by atoms with Gasteiger partial charge in [-0.05, 0) is 0 Å². The Hall–Kier alpha value is -2.15. The fourth-order valence-electron chi connectivity index (χ4n) is 1.32. The van der Waals surface area contributed by atoms with E-state index in [1.54, 1.807) is 32.4 Å². The molecule has 1 aromatic rings. The van der Waals surface area contributed by atoms with Crippen LogP contribution in [0.25, 0.3) is 0 Å². The first-order valence-corrected chi connectivity index (χ1v) is 5.64. The zero-order chi connectivity index (χ0) is 14.3. The molecule has 0 radical (unpaired) electrons. The molecule has 0 bridgehead atoms. The third kappa shape index (κ3) is 5.35. The number of guanidine groups is 1. The Morgan fingerprint density at radius 1 is 1.16 bits per heavy atom. The minimum atomic E-state index is -0.792. The molecule has 7 heteroatoms. The monoisotopic (exact) mass is 269 g/mol. The van der Waals surface area contributed by atoms with Gasteiger partial charge in [-0.2, -0.15) is 0 Å². The van der Waals surface area contributed by atoms with Gasteiger partial charge in [-0.15, -0.1) is 0 Å². The summed E-state index contributed by atoms with van der Waals surface area (Å²) >= 11 is 0. The molecule has 0 fully saturated rings. The Kier molecular flexibility index (Phi) is 5.74. The maximum absolute atomic E-state index is 9.61. The molecule has 0 saturated heterocycles. The summed E-state index contributed by atoms with van der Waals surface area (Å²) in [4.78, 5) is 3.70. The molecule has 19 heavy (non-hydrogen) atoms. The van der Waals surface area contributed by atoms with Crippen LogP contribution in [-0.4, -0.2) is 44.5 Å². The number of hydrogen-bond donors (Lipinski definition) is 3. The van der Waals surface area contributed by atoms with E-state index in [2.05, 4.69) is 4.99 Å². The molecule has 1 aromatic carbocycles. The molecular weight excluding hydrogens is 250 g/mol. The van der Waals surface area contributed by atoms with Crippen molar-refractivity contribution < 1.29 is 19.3 Å². The smallest absolute Gasteiger partial charge is 0.186 e. The van der Waals surface area contributed by atoms with Crippen molar-refractivity contribution in [3.8, 4) is 17.2 Å². The molecule has 1 rings (SSSR count). The van der Waals surface area contributed by atoms with Crippen molar-refractivity contribution in [1.82, 2.24) is 0 Å². The molecule has 0 amide bonds. The van der Waals surface area contributed by atoms with Crippen molar-refractivity contribution in [1.29, 1.82) is 0 Å². The van der Waals surface area contributed by atoms with Gasteiger partial charge in [-0.1, -0.05) is 0 Å². The van der Waals surface area contributed by atoms with Gasteiger partial charge in [0, 0.05) is 18.2 Å². The summed E-state index contributed by atoms with van der Waals surface area (Å²) in [5.41, 5.74) is 10.3. The molecule has 0 aliphatic rings. The molecule has 0 saturated carbocycles. The quantitative estimate of drug-likeness (QED) is 0.463. The summed E-state index contributed by atoms with van der Waals surface area (Å²) in [5.74, 6) is 1.67. The summed E-state index contributed by atoms with van der Waals surface area (Å²) in [7, 11) is 3.10. The van der Waals surface area contributed by atoms with Crippen LogP contribution in [-0.2, 0) is 0 Å². The molecule has 0 spiro atoms. The minimum Gasteiger partial charge on any atom is -0.496 e. The molecule has 1 unspecified atom stereocenters. The van der Waals surface area contributed by atoms with Gasteiger partial charge >= 0.3 is 0 Å². The number of rotatable bonds is 7. The second kappa shape index (κ2) is 7.32. The Labute approximate surface area is 111 Å². The number of nitrogens with zero attached hydrogens (tertiary/aromatic N) is 1. The standard InChI is InChI=1S/C12H19N3O4/c1-17-9-3-10(18-2)5-11(4-9)19-7-8(16)6-15-12(13)14/h3-5,8,16H,6-7H2,1-2H3,(H4,13,14,15). The summed E-state index contributed by atoms with van der Waals surface area (Å²) in [6, 6.07) is 5.11. The lowest BCUT2D eigenvalue weighted by Gasteiger charge is -2.12. The second-order valence-corrected chi connectivity index (χ2v) is 3.78. The van der Waals surface area contributed by atoms with Gasteiger partial charge in [0.25, 0.3) is 0 Å². The lowest BCUT2D eigenvalue weighted by Crippen LogP contribution is -2.27. The molecule has 1 atom stereocenters. The molecule has 0 aliphatic heterocycles. The van der Waals surface area contributed by atoms with E-state index in [-0.39, 0.29) is 19.1 Å². The van der Waals surface area contributed by atoms with E-state index in [1.165, 1.54) is 0 Å². The number of methoxy groups -OCH3 is 2.